The second kappa shape index (κ2) is 5.02. The molecule has 0 unspecified atom stereocenters. The number of hydrogen-bond donors (Lipinski definition) is 0. The summed E-state index contributed by atoms with van der Waals surface area (Å²) in [5.74, 6) is 0. The highest BCUT2D eigenvalue weighted by atomic mass is 35.5. The Kier molecular flexibility index (Phi) is 5.19. The predicted molar refractivity (Wildman–Crippen MR) is 74.6 cm³/mol. The van der Waals surface area contributed by atoms with Crippen LogP contribution in [0.1, 0.15) is 0 Å². The average molecular weight is 267 g/mol. The molecule has 0 heterocycles. The molecule has 82 valence electrons. The fourth-order valence-corrected chi connectivity index (χ4v) is 1.94. The lowest BCUT2D eigenvalue weighted by atomic mass is 10.6. The first kappa shape index (κ1) is 14.5. The van der Waals surface area contributed by atoms with E-state index in [1.165, 1.54) is 0 Å². The lowest BCUT2D eigenvalue weighted by Crippen LogP contribution is -2.22. The Bertz CT molecular complexity index is 226. The maximum absolute atomic E-state index is 6.19. The zero-order chi connectivity index (χ0) is 11.6. The van der Waals surface area contributed by atoms with Gasteiger partial charge in [0.2, 0.25) is 0 Å². The van der Waals surface area contributed by atoms with Gasteiger partial charge < -0.3 is 0 Å². The van der Waals surface area contributed by atoms with Crippen LogP contribution in [-0.4, -0.2) is 16.1 Å². The van der Waals surface area contributed by atoms with Gasteiger partial charge in [-0.15, -0.1) is 0 Å². The molecule has 0 saturated heterocycles. The molecule has 0 saturated carbocycles. The Morgan fingerprint density at radius 3 is 1.07 bits per heavy atom. The summed E-state index contributed by atoms with van der Waals surface area (Å²) in [6.07, 6.45) is 3.96. The second-order valence-corrected chi connectivity index (χ2v) is 17.1. The van der Waals surface area contributed by atoms with Gasteiger partial charge in [0, 0.05) is 9.31 Å². The molecule has 14 heavy (non-hydrogen) atoms. The molecular weight excluding hydrogens is 247 g/mol. The molecule has 0 atom stereocenters. The maximum atomic E-state index is 6.19. The minimum Gasteiger partial charge on any atom is -0.0943 e. The van der Waals surface area contributed by atoms with E-state index in [9.17, 15) is 0 Å². The van der Waals surface area contributed by atoms with Crippen LogP contribution in [0.25, 0.3) is 0 Å². The van der Waals surface area contributed by atoms with Crippen LogP contribution in [0.3, 0.4) is 0 Å². The van der Waals surface area contributed by atoms with Crippen LogP contribution in [0.15, 0.2) is 21.5 Å². The molecule has 0 aromatic rings. The Balaban J connectivity index is 4.73. The summed E-state index contributed by atoms with van der Waals surface area (Å²) in [4.78, 5) is 0. The van der Waals surface area contributed by atoms with E-state index in [0.717, 1.165) is 9.31 Å². The molecule has 0 amide bonds. The fourth-order valence-electron chi connectivity index (χ4n) is 0.646. The number of hydrogen-bond acceptors (Lipinski definition) is 0. The molecule has 0 N–H and O–H groups in total. The summed E-state index contributed by atoms with van der Waals surface area (Å²) in [6.45, 7) is 13.3. The van der Waals surface area contributed by atoms with E-state index in [4.69, 9.17) is 23.2 Å². The van der Waals surface area contributed by atoms with Crippen molar-refractivity contribution < 1.29 is 0 Å². The van der Waals surface area contributed by atoms with Crippen molar-refractivity contribution in [3.05, 3.63) is 21.5 Å². The van der Waals surface area contributed by atoms with Crippen molar-refractivity contribution in [3.63, 3.8) is 0 Å². The van der Waals surface area contributed by atoms with Gasteiger partial charge in [0.1, 0.15) is 0 Å². The van der Waals surface area contributed by atoms with Crippen molar-refractivity contribution >= 4 is 39.3 Å². The molecule has 0 aromatic carbocycles. The van der Waals surface area contributed by atoms with Gasteiger partial charge in [-0.3, -0.25) is 0 Å². The first-order chi connectivity index (χ1) is 6.05. The minimum absolute atomic E-state index is 0.980. The van der Waals surface area contributed by atoms with Crippen LogP contribution in [0.2, 0.25) is 39.3 Å². The van der Waals surface area contributed by atoms with Crippen molar-refractivity contribution in [2.24, 2.45) is 0 Å². The normalized spacial score (nSPS) is 16.0. The fraction of sp³-hybridized carbons (Fsp3) is 0.600. The Hall–Kier alpha value is 0.494. The zero-order valence-electron chi connectivity index (χ0n) is 9.91. The van der Waals surface area contributed by atoms with Crippen LogP contribution in [-0.2, 0) is 0 Å². The largest absolute Gasteiger partial charge is 0.0943 e. The summed E-state index contributed by atoms with van der Waals surface area (Å²) in [7, 11) is -2.70. The van der Waals surface area contributed by atoms with Crippen LogP contribution >= 0.6 is 23.2 Å². The van der Waals surface area contributed by atoms with Gasteiger partial charge in [0.25, 0.3) is 0 Å². The van der Waals surface area contributed by atoms with Gasteiger partial charge in [-0.25, -0.2) is 0 Å². The minimum atomic E-state index is -1.35. The van der Waals surface area contributed by atoms with Gasteiger partial charge in [-0.1, -0.05) is 74.6 Å². The summed E-state index contributed by atoms with van der Waals surface area (Å²) in [5.41, 5.74) is 0. The molecule has 0 nitrogen and oxygen atoms in total. The molecule has 0 aromatic heterocycles. The molecule has 0 spiro atoms. The van der Waals surface area contributed by atoms with Gasteiger partial charge >= 0.3 is 0 Å². The molecule has 0 rings (SSSR count). The first-order valence-corrected chi connectivity index (χ1v) is 12.5. The predicted octanol–water partition coefficient (Wildman–Crippen LogP) is 4.99. The number of allylic oxidation sites excluding steroid dienone is 2. The lowest BCUT2D eigenvalue weighted by molar-refractivity contribution is 1.70. The highest BCUT2D eigenvalue weighted by Gasteiger charge is 2.19. The third-order valence-electron chi connectivity index (χ3n) is 1.81. The SMILES string of the molecule is C[Si](C)(C)/C(Cl)=C/C=C(\Cl)[Si](C)(C)C. The maximum Gasteiger partial charge on any atom is 0.0922 e. The number of halogens is 2. The third-order valence-corrected chi connectivity index (χ3v) is 8.66. The van der Waals surface area contributed by atoms with Crippen molar-refractivity contribution in [1.29, 1.82) is 0 Å². The monoisotopic (exact) mass is 266 g/mol. The van der Waals surface area contributed by atoms with Crippen molar-refractivity contribution in [2.45, 2.75) is 39.3 Å². The van der Waals surface area contributed by atoms with Crippen molar-refractivity contribution in [2.75, 3.05) is 0 Å². The summed E-state index contributed by atoms with van der Waals surface area (Å²) in [5, 5.41) is 0. The Morgan fingerprint density at radius 1 is 0.714 bits per heavy atom. The molecule has 0 radical (unpaired) electrons. The van der Waals surface area contributed by atoms with Gasteiger partial charge in [-0.05, 0) is 0 Å². The zero-order valence-corrected chi connectivity index (χ0v) is 13.4. The van der Waals surface area contributed by atoms with E-state index in [1.807, 2.05) is 12.2 Å². The Labute approximate surface area is 100 Å². The van der Waals surface area contributed by atoms with Gasteiger partial charge in [-0.2, -0.15) is 0 Å². The van der Waals surface area contributed by atoms with E-state index in [2.05, 4.69) is 39.3 Å². The Morgan fingerprint density at radius 2 is 0.929 bits per heavy atom. The molecule has 4 heteroatoms. The first-order valence-electron chi connectivity index (χ1n) is 4.79. The summed E-state index contributed by atoms with van der Waals surface area (Å²) >= 11 is 12.4. The number of rotatable bonds is 3. The molecule has 0 aliphatic carbocycles. The van der Waals surface area contributed by atoms with Crippen LogP contribution in [0.4, 0.5) is 0 Å². The highest BCUT2D eigenvalue weighted by molar-refractivity contribution is 6.92. The summed E-state index contributed by atoms with van der Waals surface area (Å²) < 4.78 is 1.96. The molecule has 0 aliphatic rings. The third kappa shape index (κ3) is 5.39. The topological polar surface area (TPSA) is 0 Å². The lowest BCUT2D eigenvalue weighted by Gasteiger charge is -2.16. The molecule has 0 bridgehead atoms. The van der Waals surface area contributed by atoms with Crippen molar-refractivity contribution in [1.82, 2.24) is 0 Å². The van der Waals surface area contributed by atoms with E-state index in [1.54, 1.807) is 0 Å². The van der Waals surface area contributed by atoms with Crippen molar-refractivity contribution in [3.8, 4) is 0 Å². The van der Waals surface area contributed by atoms with Crippen LogP contribution < -0.4 is 0 Å². The quantitative estimate of drug-likeness (QED) is 0.499. The molecule has 0 fully saturated rings. The average Bonchev–Trinajstić information content (AvgIpc) is 1.95. The standard InChI is InChI=1S/C10H20Cl2Si2/c1-13(2,3)9(11)7-8-10(12)14(4,5)6/h7-8H,1-6H3/b9-7+,10-8+. The highest BCUT2D eigenvalue weighted by Crippen LogP contribution is 2.22. The van der Waals surface area contributed by atoms with Gasteiger partial charge in [0.15, 0.2) is 0 Å². The van der Waals surface area contributed by atoms with Crippen LogP contribution in [0, 0.1) is 0 Å². The molecular formula is C10H20Cl2Si2. The van der Waals surface area contributed by atoms with E-state index in [0.29, 0.717) is 0 Å². The second-order valence-electron chi connectivity index (χ2n) is 5.53. The van der Waals surface area contributed by atoms with E-state index in [-0.39, 0.29) is 0 Å². The summed E-state index contributed by atoms with van der Waals surface area (Å²) in [6, 6.07) is 0. The van der Waals surface area contributed by atoms with E-state index >= 15 is 0 Å². The molecule has 0 aliphatic heterocycles. The van der Waals surface area contributed by atoms with Crippen LogP contribution in [0.5, 0.6) is 0 Å². The van der Waals surface area contributed by atoms with Gasteiger partial charge in [0.05, 0.1) is 16.1 Å². The van der Waals surface area contributed by atoms with E-state index < -0.39 is 16.1 Å². The smallest absolute Gasteiger partial charge is 0.0922 e.